The summed E-state index contributed by atoms with van der Waals surface area (Å²) in [7, 11) is 0. The van der Waals surface area contributed by atoms with Crippen molar-refractivity contribution in [3.8, 4) is 0 Å². The summed E-state index contributed by atoms with van der Waals surface area (Å²) in [6.45, 7) is 2.82. The zero-order valence-electron chi connectivity index (χ0n) is 12.4. The van der Waals surface area contributed by atoms with E-state index in [0.29, 0.717) is 5.69 Å². The smallest absolute Gasteiger partial charge is 0.325 e. The normalized spacial score (nSPS) is 12.0. The van der Waals surface area contributed by atoms with Gasteiger partial charge in [-0.3, -0.25) is 9.59 Å². The fourth-order valence-electron chi connectivity index (χ4n) is 1.86. The molecule has 2 N–H and O–H groups in total. The van der Waals surface area contributed by atoms with Crippen LogP contribution >= 0.6 is 0 Å². The number of hydrogen-bond donors (Lipinski definition) is 2. The van der Waals surface area contributed by atoms with Crippen LogP contribution in [-0.2, 0) is 11.3 Å². The van der Waals surface area contributed by atoms with Gasteiger partial charge in [0.2, 0.25) is 0 Å². The molecule has 0 bridgehead atoms. The van der Waals surface area contributed by atoms with Crippen molar-refractivity contribution in [1.82, 2.24) is 20.3 Å². The van der Waals surface area contributed by atoms with Gasteiger partial charge in [-0.05, 0) is 19.9 Å². The first-order valence-electron chi connectivity index (χ1n) is 6.67. The first-order valence-corrected chi connectivity index (χ1v) is 6.67. The molecule has 1 unspecified atom stereocenters. The zero-order valence-corrected chi connectivity index (χ0v) is 12.4. The van der Waals surface area contributed by atoms with Gasteiger partial charge in [0.1, 0.15) is 17.7 Å². The number of carbonyl (C=O) groups is 2. The molecule has 1 atom stereocenters. The summed E-state index contributed by atoms with van der Waals surface area (Å²) < 4.78 is 27.8. The van der Waals surface area contributed by atoms with Crippen LogP contribution in [0, 0.1) is 18.6 Å². The Morgan fingerprint density at radius 3 is 2.70 bits per heavy atom. The number of hydrogen-bond acceptors (Lipinski definition) is 4. The van der Waals surface area contributed by atoms with E-state index < -0.39 is 29.6 Å². The van der Waals surface area contributed by atoms with Gasteiger partial charge in [0, 0.05) is 11.6 Å². The summed E-state index contributed by atoms with van der Waals surface area (Å²) in [6.07, 6.45) is 0. The molecule has 0 saturated heterocycles. The quantitative estimate of drug-likeness (QED) is 0.859. The lowest BCUT2D eigenvalue weighted by molar-refractivity contribution is -0.138. The predicted octanol–water partition coefficient (Wildman–Crippen LogP) is 1.12. The minimum absolute atomic E-state index is 0.0350. The van der Waals surface area contributed by atoms with Gasteiger partial charge in [-0.25, -0.2) is 13.5 Å². The van der Waals surface area contributed by atoms with E-state index in [2.05, 4.69) is 15.6 Å². The second-order valence-electron chi connectivity index (χ2n) is 4.95. The van der Waals surface area contributed by atoms with Gasteiger partial charge in [-0.1, -0.05) is 11.3 Å². The van der Waals surface area contributed by atoms with Crippen LogP contribution in [0.1, 0.15) is 28.7 Å². The fourth-order valence-corrected chi connectivity index (χ4v) is 1.86. The van der Waals surface area contributed by atoms with Crippen molar-refractivity contribution in [3.63, 3.8) is 0 Å². The van der Waals surface area contributed by atoms with Crippen molar-refractivity contribution < 1.29 is 23.5 Å². The number of halogens is 2. The second-order valence-corrected chi connectivity index (χ2v) is 4.95. The van der Waals surface area contributed by atoms with Gasteiger partial charge < -0.3 is 10.4 Å². The minimum Gasteiger partial charge on any atom is -0.480 e. The summed E-state index contributed by atoms with van der Waals surface area (Å²) >= 11 is 0. The summed E-state index contributed by atoms with van der Waals surface area (Å²) in [6, 6.07) is 2.07. The Morgan fingerprint density at radius 1 is 1.39 bits per heavy atom. The SMILES string of the molecule is Cc1c(C(=O)NC(C)C(=O)O)nnn1Cc1ccc(F)cc1F. The summed E-state index contributed by atoms with van der Waals surface area (Å²) in [5, 5.41) is 18.5. The number of carbonyl (C=O) groups excluding carboxylic acids is 1. The van der Waals surface area contributed by atoms with Crippen molar-refractivity contribution in [1.29, 1.82) is 0 Å². The molecule has 2 rings (SSSR count). The van der Waals surface area contributed by atoms with E-state index in [1.165, 1.54) is 17.7 Å². The molecule has 0 fully saturated rings. The number of rotatable bonds is 5. The van der Waals surface area contributed by atoms with Gasteiger partial charge in [-0.15, -0.1) is 5.10 Å². The number of nitrogens with zero attached hydrogens (tertiary/aromatic N) is 3. The topological polar surface area (TPSA) is 97.1 Å². The van der Waals surface area contributed by atoms with Crippen molar-refractivity contribution in [2.75, 3.05) is 0 Å². The summed E-state index contributed by atoms with van der Waals surface area (Å²) in [5.41, 5.74) is 0.467. The van der Waals surface area contributed by atoms with Gasteiger partial charge in [0.25, 0.3) is 5.91 Å². The van der Waals surface area contributed by atoms with Gasteiger partial charge in [0.15, 0.2) is 5.69 Å². The third kappa shape index (κ3) is 3.68. The molecule has 0 spiro atoms. The molecule has 0 aliphatic rings. The van der Waals surface area contributed by atoms with E-state index in [1.54, 1.807) is 6.92 Å². The molecular formula is C14H14F2N4O3. The highest BCUT2D eigenvalue weighted by Gasteiger charge is 2.21. The fraction of sp³-hybridized carbons (Fsp3) is 0.286. The van der Waals surface area contributed by atoms with E-state index in [1.807, 2.05) is 0 Å². The van der Waals surface area contributed by atoms with Crippen molar-refractivity contribution >= 4 is 11.9 Å². The van der Waals surface area contributed by atoms with E-state index in [-0.39, 0.29) is 17.8 Å². The lowest BCUT2D eigenvalue weighted by Crippen LogP contribution is -2.38. The van der Waals surface area contributed by atoms with E-state index in [4.69, 9.17) is 5.11 Å². The maximum Gasteiger partial charge on any atom is 0.325 e. The van der Waals surface area contributed by atoms with Crippen LogP contribution in [0.2, 0.25) is 0 Å². The molecule has 9 heteroatoms. The van der Waals surface area contributed by atoms with Gasteiger partial charge in [0.05, 0.1) is 12.2 Å². The van der Waals surface area contributed by atoms with Crippen LogP contribution in [0.15, 0.2) is 18.2 Å². The second kappa shape index (κ2) is 6.51. The molecule has 0 radical (unpaired) electrons. The first kappa shape index (κ1) is 16.5. The maximum atomic E-state index is 13.6. The first-order chi connectivity index (χ1) is 10.8. The molecule has 23 heavy (non-hydrogen) atoms. The number of carboxylic acid groups (broad SMARTS) is 1. The Morgan fingerprint density at radius 2 is 2.09 bits per heavy atom. The lowest BCUT2D eigenvalue weighted by atomic mass is 10.2. The van der Waals surface area contributed by atoms with Crippen LogP contribution in [0.4, 0.5) is 8.78 Å². The molecule has 122 valence electrons. The van der Waals surface area contributed by atoms with Crippen LogP contribution in [0.25, 0.3) is 0 Å². The predicted molar refractivity (Wildman–Crippen MR) is 74.8 cm³/mol. The molecule has 1 heterocycles. The van der Waals surface area contributed by atoms with Crippen LogP contribution in [0.5, 0.6) is 0 Å². The molecule has 1 aromatic heterocycles. The Kier molecular flexibility index (Phi) is 4.68. The number of carboxylic acids is 1. The molecule has 0 saturated carbocycles. The molecular weight excluding hydrogens is 310 g/mol. The highest BCUT2D eigenvalue weighted by Crippen LogP contribution is 2.13. The molecule has 2 aromatic rings. The third-order valence-electron chi connectivity index (χ3n) is 3.25. The standard InChI is InChI=1S/C14H14F2N4O3/c1-7(14(22)23)17-13(21)12-8(2)20(19-18-12)6-9-3-4-10(15)5-11(9)16/h3-5,7H,6H2,1-2H3,(H,17,21)(H,22,23). The highest BCUT2D eigenvalue weighted by atomic mass is 19.1. The average Bonchev–Trinajstić information content (AvgIpc) is 2.83. The lowest BCUT2D eigenvalue weighted by Gasteiger charge is -2.08. The van der Waals surface area contributed by atoms with Crippen LogP contribution in [0.3, 0.4) is 0 Å². The minimum atomic E-state index is -1.18. The molecule has 0 aliphatic heterocycles. The molecule has 1 aromatic carbocycles. The Balaban J connectivity index is 2.19. The van der Waals surface area contributed by atoms with Crippen molar-refractivity contribution in [3.05, 3.63) is 46.8 Å². The number of nitrogens with one attached hydrogen (secondary N) is 1. The zero-order chi connectivity index (χ0) is 17.1. The molecule has 1 amide bonds. The van der Waals surface area contributed by atoms with Crippen LogP contribution < -0.4 is 5.32 Å². The average molecular weight is 324 g/mol. The van der Waals surface area contributed by atoms with Crippen molar-refractivity contribution in [2.45, 2.75) is 26.4 Å². The Hall–Kier alpha value is -2.84. The van der Waals surface area contributed by atoms with Gasteiger partial charge in [-0.2, -0.15) is 0 Å². The number of benzene rings is 1. The molecule has 0 aliphatic carbocycles. The van der Waals surface area contributed by atoms with E-state index in [9.17, 15) is 18.4 Å². The highest BCUT2D eigenvalue weighted by molar-refractivity contribution is 5.95. The maximum absolute atomic E-state index is 13.6. The van der Waals surface area contributed by atoms with E-state index in [0.717, 1.165) is 12.1 Å². The number of amides is 1. The summed E-state index contributed by atoms with van der Waals surface area (Å²) in [4.78, 5) is 22.7. The number of aliphatic carboxylic acids is 1. The largest absolute Gasteiger partial charge is 0.480 e. The Bertz CT molecular complexity index is 760. The molecule has 7 nitrogen and oxygen atoms in total. The third-order valence-corrected chi connectivity index (χ3v) is 3.25. The Labute approximate surface area is 129 Å². The summed E-state index contributed by atoms with van der Waals surface area (Å²) in [5.74, 6) is -3.30. The van der Waals surface area contributed by atoms with E-state index >= 15 is 0 Å². The monoisotopic (exact) mass is 324 g/mol. The van der Waals surface area contributed by atoms with Crippen LogP contribution in [-0.4, -0.2) is 38.0 Å². The van der Waals surface area contributed by atoms with Crippen molar-refractivity contribution in [2.24, 2.45) is 0 Å². The number of aromatic nitrogens is 3. The van der Waals surface area contributed by atoms with Gasteiger partial charge >= 0.3 is 5.97 Å².